The molecule has 1 fully saturated rings. The Hall–Kier alpha value is -2.82. The predicted octanol–water partition coefficient (Wildman–Crippen LogP) is 3.10. The number of carbonyl (C=O) groups excluding carboxylic acids is 2. The van der Waals surface area contributed by atoms with Crippen LogP contribution in [0.1, 0.15) is 28.8 Å². The quantitative estimate of drug-likeness (QED) is 0.800. The molecule has 0 atom stereocenters. The van der Waals surface area contributed by atoms with Gasteiger partial charge in [-0.3, -0.25) is 9.59 Å². The van der Waals surface area contributed by atoms with Gasteiger partial charge < -0.3 is 15.1 Å². The summed E-state index contributed by atoms with van der Waals surface area (Å²) in [5.41, 5.74) is 4.06. The average molecular weight is 365 g/mol. The van der Waals surface area contributed by atoms with Crippen LogP contribution < -0.4 is 15.1 Å². The second kappa shape index (κ2) is 8.71. The number of hydrogen-bond donors (Lipinski definition) is 1. The lowest BCUT2D eigenvalue weighted by molar-refractivity contribution is -0.125. The van der Waals surface area contributed by atoms with E-state index >= 15 is 0 Å². The van der Waals surface area contributed by atoms with E-state index in [4.69, 9.17) is 0 Å². The number of carbonyl (C=O) groups is 2. The monoisotopic (exact) mass is 365 g/mol. The number of piperidine rings is 1. The largest absolute Gasteiger partial charge is 0.377 e. The Morgan fingerprint density at radius 2 is 1.78 bits per heavy atom. The van der Waals surface area contributed by atoms with Crippen molar-refractivity contribution < 1.29 is 9.59 Å². The van der Waals surface area contributed by atoms with Crippen LogP contribution in [0.15, 0.2) is 48.5 Å². The van der Waals surface area contributed by atoms with E-state index in [1.54, 1.807) is 0 Å². The number of para-hydroxylation sites is 1. The van der Waals surface area contributed by atoms with Gasteiger partial charge in [-0.25, -0.2) is 0 Å². The van der Waals surface area contributed by atoms with Gasteiger partial charge in [0.15, 0.2) is 0 Å². The van der Waals surface area contributed by atoms with E-state index in [0.29, 0.717) is 12.1 Å². The third kappa shape index (κ3) is 4.67. The predicted molar refractivity (Wildman–Crippen MR) is 109 cm³/mol. The van der Waals surface area contributed by atoms with Crippen molar-refractivity contribution in [1.29, 1.82) is 0 Å². The van der Waals surface area contributed by atoms with Crippen LogP contribution in [0.3, 0.4) is 0 Å². The van der Waals surface area contributed by atoms with Crippen molar-refractivity contribution in [3.63, 3.8) is 0 Å². The highest BCUT2D eigenvalue weighted by Gasteiger charge is 2.25. The van der Waals surface area contributed by atoms with E-state index in [1.165, 1.54) is 0 Å². The van der Waals surface area contributed by atoms with Gasteiger partial charge in [0, 0.05) is 56.6 Å². The Kier molecular flexibility index (Phi) is 6.12. The molecule has 2 aromatic rings. The fourth-order valence-electron chi connectivity index (χ4n) is 3.59. The van der Waals surface area contributed by atoms with Gasteiger partial charge >= 0.3 is 0 Å². The Morgan fingerprint density at radius 1 is 1.11 bits per heavy atom. The average Bonchev–Trinajstić information content (AvgIpc) is 2.72. The van der Waals surface area contributed by atoms with E-state index in [0.717, 1.165) is 49.2 Å². The molecule has 5 nitrogen and oxygen atoms in total. The standard InChI is InChI=1S/C22H27N3O2/c1-24(2)21-6-4-3-5-19(21)15-23-22(27)18-11-13-25(14-12-18)20-9-7-17(16-26)8-10-20/h3-10,16,18H,11-15H2,1-2H3,(H,23,27). The zero-order chi connectivity index (χ0) is 19.2. The highest BCUT2D eigenvalue weighted by Crippen LogP contribution is 2.24. The zero-order valence-electron chi connectivity index (χ0n) is 16.0. The van der Waals surface area contributed by atoms with Crippen molar-refractivity contribution in [3.05, 3.63) is 59.7 Å². The molecular formula is C22H27N3O2. The summed E-state index contributed by atoms with van der Waals surface area (Å²) >= 11 is 0. The van der Waals surface area contributed by atoms with Crippen molar-refractivity contribution in [2.45, 2.75) is 19.4 Å². The topological polar surface area (TPSA) is 52.7 Å². The van der Waals surface area contributed by atoms with Crippen molar-refractivity contribution in [3.8, 4) is 0 Å². The SMILES string of the molecule is CN(C)c1ccccc1CNC(=O)C1CCN(c2ccc(C=O)cc2)CC1. The normalized spacial score (nSPS) is 14.7. The fourth-order valence-corrected chi connectivity index (χ4v) is 3.59. The van der Waals surface area contributed by atoms with Gasteiger partial charge in [-0.1, -0.05) is 18.2 Å². The minimum Gasteiger partial charge on any atom is -0.377 e. The first-order chi connectivity index (χ1) is 13.1. The third-order valence-corrected chi connectivity index (χ3v) is 5.19. The fraction of sp³-hybridized carbons (Fsp3) is 0.364. The van der Waals surface area contributed by atoms with Crippen molar-refractivity contribution in [2.75, 3.05) is 37.0 Å². The minimum absolute atomic E-state index is 0.0574. The van der Waals surface area contributed by atoms with E-state index in [9.17, 15) is 9.59 Å². The number of amides is 1. The highest BCUT2D eigenvalue weighted by atomic mass is 16.1. The molecule has 1 amide bonds. The summed E-state index contributed by atoms with van der Waals surface area (Å²) in [5, 5.41) is 3.11. The number of benzene rings is 2. The number of nitrogens with one attached hydrogen (secondary N) is 1. The molecular weight excluding hydrogens is 338 g/mol. The molecule has 0 saturated carbocycles. The van der Waals surface area contributed by atoms with Gasteiger partial charge in [0.05, 0.1) is 0 Å². The van der Waals surface area contributed by atoms with Crippen LogP contribution in [0.4, 0.5) is 11.4 Å². The van der Waals surface area contributed by atoms with Crippen LogP contribution in [-0.4, -0.2) is 39.4 Å². The number of hydrogen-bond acceptors (Lipinski definition) is 4. The van der Waals surface area contributed by atoms with Crippen LogP contribution in [0.25, 0.3) is 0 Å². The molecule has 0 unspecified atom stereocenters. The third-order valence-electron chi connectivity index (χ3n) is 5.19. The van der Waals surface area contributed by atoms with Crippen LogP contribution in [0, 0.1) is 5.92 Å². The maximum Gasteiger partial charge on any atom is 0.223 e. The van der Waals surface area contributed by atoms with Gasteiger partial charge in [-0.2, -0.15) is 0 Å². The molecule has 0 bridgehead atoms. The lowest BCUT2D eigenvalue weighted by Gasteiger charge is -2.33. The van der Waals surface area contributed by atoms with Crippen LogP contribution in [0.2, 0.25) is 0 Å². The molecule has 1 aliphatic rings. The molecule has 1 N–H and O–H groups in total. The van der Waals surface area contributed by atoms with Gasteiger partial charge in [-0.15, -0.1) is 0 Å². The van der Waals surface area contributed by atoms with Crippen LogP contribution in [-0.2, 0) is 11.3 Å². The number of nitrogens with zero attached hydrogens (tertiary/aromatic N) is 2. The van der Waals surface area contributed by atoms with Crippen LogP contribution >= 0.6 is 0 Å². The van der Waals surface area contributed by atoms with Gasteiger partial charge in [0.1, 0.15) is 6.29 Å². The summed E-state index contributed by atoms with van der Waals surface area (Å²) < 4.78 is 0. The van der Waals surface area contributed by atoms with Gasteiger partial charge in [-0.05, 0) is 48.7 Å². The first-order valence-electron chi connectivity index (χ1n) is 9.41. The number of rotatable bonds is 6. The summed E-state index contributed by atoms with van der Waals surface area (Å²) in [5.74, 6) is 0.196. The molecule has 1 saturated heterocycles. The molecule has 0 aromatic heterocycles. The molecule has 27 heavy (non-hydrogen) atoms. The summed E-state index contributed by atoms with van der Waals surface area (Å²) in [6.07, 6.45) is 2.54. The second-order valence-corrected chi connectivity index (χ2v) is 7.21. The lowest BCUT2D eigenvalue weighted by atomic mass is 9.95. The van der Waals surface area contributed by atoms with Crippen molar-refractivity contribution in [2.24, 2.45) is 5.92 Å². The molecule has 2 aromatic carbocycles. The number of anilines is 2. The summed E-state index contributed by atoms with van der Waals surface area (Å²) in [7, 11) is 4.02. The highest BCUT2D eigenvalue weighted by molar-refractivity contribution is 5.79. The van der Waals surface area contributed by atoms with E-state index in [-0.39, 0.29) is 11.8 Å². The molecule has 1 heterocycles. The van der Waals surface area contributed by atoms with E-state index in [1.807, 2.05) is 50.5 Å². The van der Waals surface area contributed by atoms with E-state index in [2.05, 4.69) is 27.2 Å². The minimum atomic E-state index is 0.0574. The van der Waals surface area contributed by atoms with Gasteiger partial charge in [0.2, 0.25) is 5.91 Å². The molecule has 0 spiro atoms. The molecule has 1 aliphatic heterocycles. The maximum absolute atomic E-state index is 12.6. The first kappa shape index (κ1) is 19.0. The summed E-state index contributed by atoms with van der Waals surface area (Å²) in [6.45, 7) is 2.26. The summed E-state index contributed by atoms with van der Waals surface area (Å²) in [4.78, 5) is 27.7. The maximum atomic E-state index is 12.6. The van der Waals surface area contributed by atoms with Crippen molar-refractivity contribution >= 4 is 23.6 Å². The van der Waals surface area contributed by atoms with Crippen LogP contribution in [0.5, 0.6) is 0 Å². The van der Waals surface area contributed by atoms with E-state index < -0.39 is 0 Å². The Balaban J connectivity index is 1.52. The zero-order valence-corrected chi connectivity index (χ0v) is 16.0. The lowest BCUT2D eigenvalue weighted by Crippen LogP contribution is -2.40. The number of aldehydes is 1. The van der Waals surface area contributed by atoms with Crippen molar-refractivity contribution in [1.82, 2.24) is 5.32 Å². The second-order valence-electron chi connectivity index (χ2n) is 7.21. The smallest absolute Gasteiger partial charge is 0.223 e. The molecule has 5 heteroatoms. The molecule has 3 rings (SSSR count). The molecule has 0 radical (unpaired) electrons. The molecule has 0 aliphatic carbocycles. The van der Waals surface area contributed by atoms with Gasteiger partial charge in [0.25, 0.3) is 0 Å². The Labute approximate surface area is 161 Å². The Morgan fingerprint density at radius 3 is 2.41 bits per heavy atom. The molecule has 142 valence electrons. The Bertz CT molecular complexity index is 778. The summed E-state index contributed by atoms with van der Waals surface area (Å²) in [6, 6.07) is 15.8. The first-order valence-corrected chi connectivity index (χ1v) is 9.41.